The molecule has 0 fully saturated rings. The monoisotopic (exact) mass is 261 g/mol. The van der Waals surface area contributed by atoms with E-state index in [9.17, 15) is 0 Å². The number of hydrogen-bond donors (Lipinski definition) is 1. The van der Waals surface area contributed by atoms with Crippen molar-refractivity contribution < 1.29 is 0 Å². The van der Waals surface area contributed by atoms with Gasteiger partial charge in [-0.15, -0.1) is 11.3 Å². The van der Waals surface area contributed by atoms with Crippen LogP contribution in [0.3, 0.4) is 0 Å². The number of aryl methyl sites for hydroxylation is 1. The zero-order chi connectivity index (χ0) is 9.84. The van der Waals surface area contributed by atoms with Crippen LogP contribution in [0.15, 0.2) is 15.9 Å². The Morgan fingerprint density at radius 1 is 1.54 bits per heavy atom. The first-order valence-electron chi connectivity index (χ1n) is 4.58. The first-order valence-corrected chi connectivity index (χ1v) is 6.26. The number of hydrogen-bond acceptors (Lipinski definition) is 2. The molecule has 1 atom stereocenters. The standard InChI is InChI=1S/C10H16BrNS/c1-7(2)9(12)3-4-10-8(11)5-6-13-10/h5-7,9H,3-4,12H2,1-2H3. The summed E-state index contributed by atoms with van der Waals surface area (Å²) < 4.78 is 1.23. The molecule has 0 aliphatic rings. The molecule has 74 valence electrons. The van der Waals surface area contributed by atoms with Gasteiger partial charge < -0.3 is 5.73 Å². The van der Waals surface area contributed by atoms with E-state index in [1.807, 2.05) is 0 Å². The minimum absolute atomic E-state index is 0.328. The average Bonchev–Trinajstić information content (AvgIpc) is 2.47. The molecule has 1 rings (SSSR count). The molecule has 0 saturated heterocycles. The molecule has 1 nitrogen and oxygen atoms in total. The highest BCUT2D eigenvalue weighted by Crippen LogP contribution is 2.24. The van der Waals surface area contributed by atoms with Crippen LogP contribution < -0.4 is 5.73 Å². The Kier molecular flexibility index (Phi) is 4.42. The highest BCUT2D eigenvalue weighted by atomic mass is 79.9. The number of nitrogens with two attached hydrogens (primary N) is 1. The molecule has 0 radical (unpaired) electrons. The maximum atomic E-state index is 5.97. The van der Waals surface area contributed by atoms with E-state index in [-0.39, 0.29) is 0 Å². The lowest BCUT2D eigenvalue weighted by Crippen LogP contribution is -2.26. The molecule has 0 aromatic carbocycles. The van der Waals surface area contributed by atoms with E-state index in [1.54, 1.807) is 11.3 Å². The Balaban J connectivity index is 2.39. The Labute approximate surface area is 92.5 Å². The fourth-order valence-corrected chi connectivity index (χ4v) is 2.71. The van der Waals surface area contributed by atoms with Crippen molar-refractivity contribution in [3.8, 4) is 0 Å². The summed E-state index contributed by atoms with van der Waals surface area (Å²) in [6.45, 7) is 4.35. The quantitative estimate of drug-likeness (QED) is 0.883. The zero-order valence-corrected chi connectivity index (χ0v) is 10.5. The van der Waals surface area contributed by atoms with E-state index in [0.717, 1.165) is 12.8 Å². The van der Waals surface area contributed by atoms with Crippen molar-refractivity contribution in [1.82, 2.24) is 0 Å². The van der Waals surface area contributed by atoms with E-state index in [2.05, 4.69) is 41.2 Å². The van der Waals surface area contributed by atoms with Crippen molar-refractivity contribution in [2.75, 3.05) is 0 Å². The third-order valence-corrected chi connectivity index (χ3v) is 4.24. The molecule has 1 aromatic heterocycles. The van der Waals surface area contributed by atoms with Gasteiger partial charge in [-0.25, -0.2) is 0 Å². The Bertz CT molecular complexity index is 257. The molecule has 0 bridgehead atoms. The van der Waals surface area contributed by atoms with Crippen LogP contribution >= 0.6 is 27.3 Å². The smallest absolute Gasteiger partial charge is 0.0314 e. The molecule has 1 aromatic rings. The predicted molar refractivity (Wildman–Crippen MR) is 63.2 cm³/mol. The van der Waals surface area contributed by atoms with Crippen molar-refractivity contribution in [2.45, 2.75) is 32.7 Å². The van der Waals surface area contributed by atoms with E-state index < -0.39 is 0 Å². The molecule has 0 aliphatic heterocycles. The maximum absolute atomic E-state index is 5.97. The number of thiophene rings is 1. The lowest BCUT2D eigenvalue weighted by atomic mass is 10.0. The van der Waals surface area contributed by atoms with Crippen LogP contribution in [-0.4, -0.2) is 6.04 Å². The van der Waals surface area contributed by atoms with E-state index in [0.29, 0.717) is 12.0 Å². The molecule has 13 heavy (non-hydrogen) atoms. The molecule has 0 saturated carbocycles. The van der Waals surface area contributed by atoms with Crippen LogP contribution in [0.2, 0.25) is 0 Å². The normalized spacial score (nSPS) is 13.6. The van der Waals surface area contributed by atoms with Gasteiger partial charge >= 0.3 is 0 Å². The first-order chi connectivity index (χ1) is 6.11. The van der Waals surface area contributed by atoms with E-state index >= 15 is 0 Å². The first kappa shape index (κ1) is 11.2. The molecule has 2 N–H and O–H groups in total. The third kappa shape index (κ3) is 3.41. The number of halogens is 1. The lowest BCUT2D eigenvalue weighted by Gasteiger charge is -2.14. The summed E-state index contributed by atoms with van der Waals surface area (Å²) in [6, 6.07) is 2.43. The topological polar surface area (TPSA) is 26.0 Å². The van der Waals surface area contributed by atoms with Gasteiger partial charge in [0.2, 0.25) is 0 Å². The van der Waals surface area contributed by atoms with Crippen molar-refractivity contribution in [3.63, 3.8) is 0 Å². The van der Waals surface area contributed by atoms with Crippen molar-refractivity contribution >= 4 is 27.3 Å². The van der Waals surface area contributed by atoms with Crippen LogP contribution in [0.4, 0.5) is 0 Å². The maximum Gasteiger partial charge on any atom is 0.0314 e. The van der Waals surface area contributed by atoms with Crippen molar-refractivity contribution in [2.24, 2.45) is 11.7 Å². The van der Waals surface area contributed by atoms with Crippen LogP contribution in [0.1, 0.15) is 25.1 Å². The average molecular weight is 262 g/mol. The lowest BCUT2D eigenvalue weighted by molar-refractivity contribution is 0.465. The molecule has 1 heterocycles. The fourth-order valence-electron chi connectivity index (χ4n) is 1.13. The highest BCUT2D eigenvalue weighted by molar-refractivity contribution is 9.10. The van der Waals surface area contributed by atoms with E-state index in [1.165, 1.54) is 9.35 Å². The second-order valence-electron chi connectivity index (χ2n) is 3.64. The van der Waals surface area contributed by atoms with Gasteiger partial charge in [-0.1, -0.05) is 13.8 Å². The summed E-state index contributed by atoms with van der Waals surface area (Å²) >= 11 is 5.32. The van der Waals surface area contributed by atoms with Gasteiger partial charge in [0.05, 0.1) is 0 Å². The van der Waals surface area contributed by atoms with Crippen molar-refractivity contribution in [1.29, 1.82) is 0 Å². The van der Waals surface area contributed by atoms with Gasteiger partial charge in [0.1, 0.15) is 0 Å². The van der Waals surface area contributed by atoms with Gasteiger partial charge in [-0.3, -0.25) is 0 Å². The Hall–Kier alpha value is 0.140. The second kappa shape index (κ2) is 5.13. The third-order valence-electron chi connectivity index (χ3n) is 2.25. The van der Waals surface area contributed by atoms with Crippen LogP contribution in [-0.2, 0) is 6.42 Å². The second-order valence-corrected chi connectivity index (χ2v) is 5.49. The fraction of sp³-hybridized carbons (Fsp3) is 0.600. The molecule has 0 spiro atoms. The molecule has 3 heteroatoms. The summed E-state index contributed by atoms with van der Waals surface area (Å²) in [5.41, 5.74) is 5.97. The predicted octanol–water partition coefficient (Wildman–Crippen LogP) is 3.43. The molecule has 0 aliphatic carbocycles. The van der Waals surface area contributed by atoms with Crippen LogP contribution in [0.5, 0.6) is 0 Å². The largest absolute Gasteiger partial charge is 0.327 e. The highest BCUT2D eigenvalue weighted by Gasteiger charge is 2.09. The van der Waals surface area contributed by atoms with Gasteiger partial charge in [0.25, 0.3) is 0 Å². The molecular formula is C10H16BrNS. The van der Waals surface area contributed by atoms with E-state index in [4.69, 9.17) is 5.73 Å². The van der Waals surface area contributed by atoms with Gasteiger partial charge in [0.15, 0.2) is 0 Å². The van der Waals surface area contributed by atoms with Gasteiger partial charge in [0, 0.05) is 15.4 Å². The summed E-state index contributed by atoms with van der Waals surface area (Å²) in [7, 11) is 0. The minimum atomic E-state index is 0.328. The zero-order valence-electron chi connectivity index (χ0n) is 8.09. The summed E-state index contributed by atoms with van der Waals surface area (Å²) in [4.78, 5) is 1.41. The minimum Gasteiger partial charge on any atom is -0.327 e. The summed E-state index contributed by atoms with van der Waals surface area (Å²) in [5, 5.41) is 2.11. The van der Waals surface area contributed by atoms with Gasteiger partial charge in [-0.2, -0.15) is 0 Å². The Morgan fingerprint density at radius 3 is 2.69 bits per heavy atom. The SMILES string of the molecule is CC(C)C(N)CCc1sccc1Br. The molecular weight excluding hydrogens is 246 g/mol. The van der Waals surface area contributed by atoms with Crippen LogP contribution in [0, 0.1) is 5.92 Å². The number of rotatable bonds is 4. The summed E-state index contributed by atoms with van der Waals surface area (Å²) in [5.74, 6) is 0.582. The van der Waals surface area contributed by atoms with Crippen molar-refractivity contribution in [3.05, 3.63) is 20.8 Å². The van der Waals surface area contributed by atoms with Crippen LogP contribution in [0.25, 0.3) is 0 Å². The molecule has 1 unspecified atom stereocenters. The Morgan fingerprint density at radius 2 is 2.23 bits per heavy atom. The summed E-state index contributed by atoms with van der Waals surface area (Å²) in [6.07, 6.45) is 2.17. The van der Waals surface area contributed by atoms with Gasteiger partial charge in [-0.05, 0) is 46.1 Å². The molecule has 0 amide bonds.